The van der Waals surface area contributed by atoms with Gasteiger partial charge in [-0.25, -0.2) is 9.37 Å². The Morgan fingerprint density at radius 1 is 1.32 bits per heavy atom. The van der Waals surface area contributed by atoms with Gasteiger partial charge in [-0.3, -0.25) is 9.59 Å². The summed E-state index contributed by atoms with van der Waals surface area (Å²) in [7, 11) is 0. The van der Waals surface area contributed by atoms with Crippen molar-refractivity contribution in [3.05, 3.63) is 29.8 Å². The van der Waals surface area contributed by atoms with Crippen molar-refractivity contribution in [1.29, 1.82) is 0 Å². The van der Waals surface area contributed by atoms with Gasteiger partial charge in [0.2, 0.25) is 11.8 Å². The summed E-state index contributed by atoms with van der Waals surface area (Å²) in [4.78, 5) is 34.4. The SMILES string of the molecule is CC(=O)N1CCN(C(=O)CCc2nc3ccc(F)cc3[nH]2)CC(O)C1. The first-order valence-electron chi connectivity index (χ1n) is 8.28. The van der Waals surface area contributed by atoms with Crippen molar-refractivity contribution in [2.75, 3.05) is 26.2 Å². The van der Waals surface area contributed by atoms with Gasteiger partial charge in [-0.1, -0.05) is 0 Å². The first kappa shape index (κ1) is 17.3. The van der Waals surface area contributed by atoms with E-state index in [1.807, 2.05) is 0 Å². The minimum absolute atomic E-state index is 0.101. The van der Waals surface area contributed by atoms with E-state index in [1.54, 1.807) is 15.9 Å². The lowest BCUT2D eigenvalue weighted by atomic mass is 10.2. The second kappa shape index (κ2) is 7.18. The molecule has 2 heterocycles. The molecule has 25 heavy (non-hydrogen) atoms. The van der Waals surface area contributed by atoms with E-state index in [0.717, 1.165) is 0 Å². The number of aliphatic hydroxyl groups is 1. The van der Waals surface area contributed by atoms with Gasteiger partial charge in [0, 0.05) is 45.9 Å². The number of rotatable bonds is 3. The molecule has 1 aliphatic heterocycles. The van der Waals surface area contributed by atoms with Crippen molar-refractivity contribution >= 4 is 22.8 Å². The molecule has 0 radical (unpaired) electrons. The fourth-order valence-corrected chi connectivity index (χ4v) is 3.04. The highest BCUT2D eigenvalue weighted by molar-refractivity contribution is 5.78. The third-order valence-electron chi connectivity index (χ3n) is 4.37. The summed E-state index contributed by atoms with van der Waals surface area (Å²) < 4.78 is 13.2. The summed E-state index contributed by atoms with van der Waals surface area (Å²) in [6, 6.07) is 4.31. The molecule has 2 aromatic rings. The number of nitrogens with zero attached hydrogens (tertiary/aromatic N) is 3. The van der Waals surface area contributed by atoms with Gasteiger partial charge in [0.1, 0.15) is 11.6 Å². The summed E-state index contributed by atoms with van der Waals surface area (Å²) in [5, 5.41) is 9.99. The number of aromatic amines is 1. The molecular formula is C17H21FN4O3. The number of benzene rings is 1. The Kier molecular flexibility index (Phi) is 4.98. The number of amides is 2. The average Bonchev–Trinajstić information content (AvgIpc) is 2.85. The molecule has 0 spiro atoms. The zero-order valence-corrected chi connectivity index (χ0v) is 14.0. The van der Waals surface area contributed by atoms with E-state index in [9.17, 15) is 19.1 Å². The summed E-state index contributed by atoms with van der Waals surface area (Å²) in [5.74, 6) is 0.0704. The molecule has 0 aliphatic carbocycles. The lowest BCUT2D eigenvalue weighted by Crippen LogP contribution is -2.37. The first-order chi connectivity index (χ1) is 11.9. The van der Waals surface area contributed by atoms with Crippen LogP contribution >= 0.6 is 0 Å². The number of hydrogen-bond acceptors (Lipinski definition) is 4. The van der Waals surface area contributed by atoms with Crippen LogP contribution in [0.4, 0.5) is 4.39 Å². The lowest BCUT2D eigenvalue weighted by molar-refractivity contribution is -0.132. The molecule has 2 amide bonds. The highest BCUT2D eigenvalue weighted by atomic mass is 19.1. The van der Waals surface area contributed by atoms with Crippen molar-refractivity contribution in [2.24, 2.45) is 0 Å². The number of carbonyl (C=O) groups is 2. The minimum Gasteiger partial charge on any atom is -0.389 e. The number of halogens is 1. The molecule has 2 N–H and O–H groups in total. The summed E-state index contributed by atoms with van der Waals surface area (Å²) in [5.41, 5.74) is 1.26. The van der Waals surface area contributed by atoms with Gasteiger partial charge in [-0.05, 0) is 18.2 Å². The van der Waals surface area contributed by atoms with Crippen LogP contribution in [0.3, 0.4) is 0 Å². The van der Waals surface area contributed by atoms with E-state index < -0.39 is 6.10 Å². The Bertz CT molecular complexity index is 791. The number of aliphatic hydroxyl groups excluding tert-OH is 1. The molecule has 1 aliphatic rings. The van der Waals surface area contributed by atoms with Gasteiger partial charge in [0.15, 0.2) is 0 Å². The number of β-amino-alcohol motifs (C(OH)–C–C–N with tert-alkyl or cyclic N) is 1. The summed E-state index contributed by atoms with van der Waals surface area (Å²) >= 11 is 0. The van der Waals surface area contributed by atoms with Crippen molar-refractivity contribution in [1.82, 2.24) is 19.8 Å². The van der Waals surface area contributed by atoms with Crippen LogP contribution in [0.5, 0.6) is 0 Å². The molecule has 1 aromatic heterocycles. The molecule has 134 valence electrons. The Balaban J connectivity index is 1.60. The topological polar surface area (TPSA) is 89.5 Å². The molecule has 3 rings (SSSR count). The number of aryl methyl sites for hydroxylation is 1. The van der Waals surface area contributed by atoms with E-state index in [2.05, 4.69) is 9.97 Å². The Morgan fingerprint density at radius 3 is 2.80 bits per heavy atom. The van der Waals surface area contributed by atoms with E-state index in [1.165, 1.54) is 19.1 Å². The van der Waals surface area contributed by atoms with E-state index >= 15 is 0 Å². The fraction of sp³-hybridized carbons (Fsp3) is 0.471. The third-order valence-corrected chi connectivity index (χ3v) is 4.37. The van der Waals surface area contributed by atoms with Crippen molar-refractivity contribution in [2.45, 2.75) is 25.9 Å². The summed E-state index contributed by atoms with van der Waals surface area (Å²) in [6.07, 6.45) is -0.114. The van der Waals surface area contributed by atoms with Crippen molar-refractivity contribution < 1.29 is 19.1 Å². The molecule has 7 nitrogen and oxygen atoms in total. The highest BCUT2D eigenvalue weighted by Crippen LogP contribution is 2.14. The third kappa shape index (κ3) is 4.14. The van der Waals surface area contributed by atoms with Crippen LogP contribution < -0.4 is 0 Å². The zero-order chi connectivity index (χ0) is 18.0. The van der Waals surface area contributed by atoms with Gasteiger partial charge in [-0.15, -0.1) is 0 Å². The Hall–Kier alpha value is -2.48. The van der Waals surface area contributed by atoms with Crippen molar-refractivity contribution in [3.8, 4) is 0 Å². The molecular weight excluding hydrogens is 327 g/mol. The van der Waals surface area contributed by atoms with Crippen LogP contribution in [0.1, 0.15) is 19.2 Å². The van der Waals surface area contributed by atoms with Gasteiger partial charge in [0.05, 0.1) is 17.1 Å². The van der Waals surface area contributed by atoms with Crippen LogP contribution in [0.15, 0.2) is 18.2 Å². The Labute approximate surface area is 144 Å². The number of H-pyrrole nitrogens is 1. The smallest absolute Gasteiger partial charge is 0.223 e. The van der Waals surface area contributed by atoms with Gasteiger partial charge < -0.3 is 19.9 Å². The molecule has 0 saturated carbocycles. The van der Waals surface area contributed by atoms with Crippen LogP contribution in [-0.2, 0) is 16.0 Å². The lowest BCUT2D eigenvalue weighted by Gasteiger charge is -2.21. The molecule has 1 atom stereocenters. The van der Waals surface area contributed by atoms with Gasteiger partial charge >= 0.3 is 0 Å². The minimum atomic E-state index is -0.746. The second-order valence-electron chi connectivity index (χ2n) is 6.30. The number of hydrogen-bond donors (Lipinski definition) is 2. The fourth-order valence-electron chi connectivity index (χ4n) is 3.04. The molecule has 0 bridgehead atoms. The highest BCUT2D eigenvalue weighted by Gasteiger charge is 2.25. The maximum atomic E-state index is 13.2. The average molecular weight is 348 g/mol. The van der Waals surface area contributed by atoms with Crippen molar-refractivity contribution in [3.63, 3.8) is 0 Å². The number of imidazole rings is 1. The maximum Gasteiger partial charge on any atom is 0.223 e. The monoisotopic (exact) mass is 348 g/mol. The van der Waals surface area contributed by atoms with Crippen LogP contribution in [-0.4, -0.2) is 69.0 Å². The van der Waals surface area contributed by atoms with Gasteiger partial charge in [-0.2, -0.15) is 0 Å². The molecule has 1 unspecified atom stereocenters. The number of nitrogens with one attached hydrogen (secondary N) is 1. The predicted molar refractivity (Wildman–Crippen MR) is 89.2 cm³/mol. The number of fused-ring (bicyclic) bond motifs is 1. The standard InChI is InChI=1S/C17H21FN4O3/c1-11(23)21-6-7-22(10-13(24)9-21)17(25)5-4-16-19-14-3-2-12(18)8-15(14)20-16/h2-3,8,13,24H,4-7,9-10H2,1H3,(H,19,20). The normalized spacial score (nSPS) is 18.4. The molecule has 1 fully saturated rings. The quantitative estimate of drug-likeness (QED) is 0.854. The van der Waals surface area contributed by atoms with E-state index in [0.29, 0.717) is 36.4 Å². The predicted octanol–water partition coefficient (Wildman–Crippen LogP) is 0.686. The van der Waals surface area contributed by atoms with E-state index in [4.69, 9.17) is 0 Å². The second-order valence-corrected chi connectivity index (χ2v) is 6.30. The van der Waals surface area contributed by atoms with Gasteiger partial charge in [0.25, 0.3) is 0 Å². The van der Waals surface area contributed by atoms with Crippen LogP contribution in [0.2, 0.25) is 0 Å². The summed E-state index contributed by atoms with van der Waals surface area (Å²) in [6.45, 7) is 2.74. The first-order valence-corrected chi connectivity index (χ1v) is 8.28. The Morgan fingerprint density at radius 2 is 2.04 bits per heavy atom. The maximum absolute atomic E-state index is 13.2. The molecule has 1 saturated heterocycles. The van der Waals surface area contributed by atoms with Crippen LogP contribution in [0.25, 0.3) is 11.0 Å². The largest absolute Gasteiger partial charge is 0.389 e. The number of aromatic nitrogens is 2. The van der Waals surface area contributed by atoms with E-state index in [-0.39, 0.29) is 37.1 Å². The molecule has 1 aromatic carbocycles. The van der Waals surface area contributed by atoms with Crippen LogP contribution in [0, 0.1) is 5.82 Å². The zero-order valence-electron chi connectivity index (χ0n) is 14.0. The molecule has 8 heteroatoms. The number of carbonyl (C=O) groups excluding carboxylic acids is 2.